The highest BCUT2D eigenvalue weighted by Gasteiger charge is 2.49. The molecule has 2 heterocycles. The highest BCUT2D eigenvalue weighted by molar-refractivity contribution is 5.91. The molecule has 0 bridgehead atoms. The lowest BCUT2D eigenvalue weighted by Crippen LogP contribution is -2.56. The van der Waals surface area contributed by atoms with Crippen LogP contribution in [0.25, 0.3) is 22.3 Å². The fourth-order valence-electron chi connectivity index (χ4n) is 5.13. The number of rotatable bonds is 8. The molecule has 1 aliphatic rings. The van der Waals surface area contributed by atoms with Crippen LogP contribution in [0.4, 0.5) is 0 Å². The summed E-state index contributed by atoms with van der Waals surface area (Å²) in [6, 6.07) is 12.3. The van der Waals surface area contributed by atoms with E-state index < -0.39 is 54.3 Å². The Morgan fingerprint density at radius 1 is 0.864 bits per heavy atom. The van der Waals surface area contributed by atoms with Crippen LogP contribution >= 0.6 is 0 Å². The molecule has 5 atom stereocenters. The Bertz CT molecular complexity index is 1730. The first-order valence-electron chi connectivity index (χ1n) is 13.3. The number of fused-ring (bicyclic) bond motifs is 1. The van der Waals surface area contributed by atoms with Gasteiger partial charge in [0.05, 0.1) is 39.1 Å². The van der Waals surface area contributed by atoms with Gasteiger partial charge in [-0.1, -0.05) is 0 Å². The number of phenolic OH excluding ortho intramolecular Hbond substituents is 2. The number of ether oxygens (including phenoxy) is 5. The molecule has 232 valence electrons. The van der Waals surface area contributed by atoms with Crippen molar-refractivity contribution < 1.29 is 58.4 Å². The summed E-state index contributed by atoms with van der Waals surface area (Å²) >= 11 is 0. The van der Waals surface area contributed by atoms with Crippen LogP contribution in [0, 0.1) is 0 Å². The van der Waals surface area contributed by atoms with Gasteiger partial charge in [0.15, 0.2) is 28.6 Å². The quantitative estimate of drug-likeness (QED) is 0.183. The van der Waals surface area contributed by atoms with E-state index in [1.165, 1.54) is 63.8 Å². The standard InChI is InChI=1S/C31H30O13/c1-39-19-9-6-15(10-21(19)40-2)31(38)44-30-27(37)26(36)23(13-32)43-29(30)25-22(41-3)12-18(35)24-17(34)11-20(42-28(24)25)14-4-7-16(33)8-5-14/h4-12,23,26-27,29-30,32-33,35-37H,13H2,1-3H3/t23-,26-,27+,29+,30-/m1/s1. The molecule has 1 saturated heterocycles. The largest absolute Gasteiger partial charge is 0.508 e. The van der Waals surface area contributed by atoms with E-state index in [1.807, 2.05) is 0 Å². The van der Waals surface area contributed by atoms with Crippen molar-refractivity contribution in [2.75, 3.05) is 27.9 Å². The Morgan fingerprint density at radius 2 is 1.55 bits per heavy atom. The summed E-state index contributed by atoms with van der Waals surface area (Å²) in [5.41, 5.74) is -0.511. The lowest BCUT2D eigenvalue weighted by molar-refractivity contribution is -0.231. The molecule has 1 fully saturated rings. The number of aliphatic hydroxyl groups is 3. The third kappa shape index (κ3) is 5.49. The summed E-state index contributed by atoms with van der Waals surface area (Å²) in [4.78, 5) is 26.7. The summed E-state index contributed by atoms with van der Waals surface area (Å²) in [6.45, 7) is -0.730. The number of aromatic hydroxyl groups is 2. The first-order chi connectivity index (χ1) is 21.1. The van der Waals surface area contributed by atoms with Gasteiger partial charge in [-0.05, 0) is 42.5 Å². The first-order valence-corrected chi connectivity index (χ1v) is 13.3. The smallest absolute Gasteiger partial charge is 0.338 e. The third-order valence-electron chi connectivity index (χ3n) is 7.37. The number of phenols is 2. The molecule has 13 heteroatoms. The van der Waals surface area contributed by atoms with Crippen molar-refractivity contribution in [2.45, 2.75) is 30.5 Å². The molecule has 1 aromatic heterocycles. The lowest BCUT2D eigenvalue weighted by Gasteiger charge is -2.42. The number of hydrogen-bond donors (Lipinski definition) is 5. The van der Waals surface area contributed by atoms with Gasteiger partial charge >= 0.3 is 5.97 Å². The Kier molecular flexibility index (Phi) is 8.65. The Hall–Kier alpha value is -4.82. The molecule has 44 heavy (non-hydrogen) atoms. The zero-order chi connectivity index (χ0) is 31.7. The van der Waals surface area contributed by atoms with Crippen molar-refractivity contribution >= 4 is 16.9 Å². The minimum atomic E-state index is -1.80. The van der Waals surface area contributed by atoms with E-state index in [0.29, 0.717) is 11.3 Å². The number of hydrogen-bond acceptors (Lipinski definition) is 13. The third-order valence-corrected chi connectivity index (χ3v) is 7.37. The van der Waals surface area contributed by atoms with E-state index in [1.54, 1.807) is 0 Å². The van der Waals surface area contributed by atoms with Gasteiger partial charge in [0.2, 0.25) is 0 Å². The van der Waals surface area contributed by atoms with Crippen molar-refractivity contribution in [3.63, 3.8) is 0 Å². The second kappa shape index (κ2) is 12.4. The van der Waals surface area contributed by atoms with Gasteiger partial charge in [-0.3, -0.25) is 4.79 Å². The zero-order valence-corrected chi connectivity index (χ0v) is 23.8. The topological polar surface area (TPSA) is 195 Å². The van der Waals surface area contributed by atoms with Crippen LogP contribution in [0.2, 0.25) is 0 Å². The molecular formula is C31H30O13. The summed E-state index contributed by atoms with van der Waals surface area (Å²) in [5, 5.41) is 52.1. The number of methoxy groups -OCH3 is 3. The predicted octanol–water partition coefficient (Wildman–Crippen LogP) is 2.28. The van der Waals surface area contributed by atoms with E-state index >= 15 is 0 Å². The molecule has 0 radical (unpaired) electrons. The van der Waals surface area contributed by atoms with Gasteiger partial charge in [-0.25, -0.2) is 4.79 Å². The van der Waals surface area contributed by atoms with Gasteiger partial charge < -0.3 is 53.6 Å². The maximum atomic E-state index is 13.4. The predicted molar refractivity (Wildman–Crippen MR) is 153 cm³/mol. The molecule has 0 spiro atoms. The summed E-state index contributed by atoms with van der Waals surface area (Å²) in [5.74, 6) is -0.886. The SMILES string of the molecule is COc1ccc(C(=O)O[C@@H]2[C@@H](O)[C@H](O)[C@@H](CO)O[C@H]2c2c(OC)cc(O)c3c(=O)cc(-c4ccc(O)cc4)oc23)cc1OC. The normalized spacial score (nSPS) is 21.5. The van der Waals surface area contributed by atoms with Gasteiger partial charge in [0, 0.05) is 17.7 Å². The van der Waals surface area contributed by atoms with Crippen LogP contribution in [0.5, 0.6) is 28.7 Å². The molecule has 5 N–H and O–H groups in total. The molecule has 0 aliphatic carbocycles. The van der Waals surface area contributed by atoms with E-state index in [2.05, 4.69) is 0 Å². The molecule has 13 nitrogen and oxygen atoms in total. The fraction of sp³-hybridized carbons (Fsp3) is 0.290. The van der Waals surface area contributed by atoms with Crippen LogP contribution in [0.15, 0.2) is 63.8 Å². The van der Waals surface area contributed by atoms with Crippen molar-refractivity contribution in [3.05, 3.63) is 75.9 Å². The molecule has 3 aromatic carbocycles. The van der Waals surface area contributed by atoms with Crippen molar-refractivity contribution in [1.82, 2.24) is 0 Å². The molecule has 1 aliphatic heterocycles. The number of carbonyl (C=O) groups is 1. The van der Waals surface area contributed by atoms with Gasteiger partial charge in [-0.2, -0.15) is 0 Å². The van der Waals surface area contributed by atoms with Crippen molar-refractivity contribution in [3.8, 4) is 40.1 Å². The number of carbonyl (C=O) groups excluding carboxylic acids is 1. The maximum absolute atomic E-state index is 13.4. The molecule has 4 aromatic rings. The van der Waals surface area contributed by atoms with E-state index in [4.69, 9.17) is 28.1 Å². The molecule has 0 saturated carbocycles. The van der Waals surface area contributed by atoms with Gasteiger partial charge in [0.1, 0.15) is 52.8 Å². The Labute approximate surface area is 250 Å². The highest BCUT2D eigenvalue weighted by Crippen LogP contribution is 2.45. The van der Waals surface area contributed by atoms with Crippen LogP contribution in [-0.2, 0) is 9.47 Å². The second-order valence-electron chi connectivity index (χ2n) is 9.94. The summed E-state index contributed by atoms with van der Waals surface area (Å²) in [7, 11) is 4.08. The minimum absolute atomic E-state index is 0.0102. The van der Waals surface area contributed by atoms with E-state index in [0.717, 1.165) is 12.1 Å². The van der Waals surface area contributed by atoms with Gasteiger partial charge in [0.25, 0.3) is 0 Å². The summed E-state index contributed by atoms with van der Waals surface area (Å²) in [6.07, 6.45) is -7.97. The van der Waals surface area contributed by atoms with Crippen molar-refractivity contribution in [2.24, 2.45) is 0 Å². The lowest BCUT2D eigenvalue weighted by atomic mass is 9.89. The van der Waals surface area contributed by atoms with Crippen molar-refractivity contribution in [1.29, 1.82) is 0 Å². The number of aliphatic hydroxyl groups excluding tert-OH is 3. The van der Waals surface area contributed by atoms with E-state index in [9.17, 15) is 35.1 Å². The minimum Gasteiger partial charge on any atom is -0.508 e. The van der Waals surface area contributed by atoms with Crippen LogP contribution in [0.3, 0.4) is 0 Å². The number of esters is 1. The fourth-order valence-corrected chi connectivity index (χ4v) is 5.13. The molecular weight excluding hydrogens is 580 g/mol. The van der Waals surface area contributed by atoms with Crippen LogP contribution in [-0.4, -0.2) is 83.9 Å². The average Bonchev–Trinajstić information content (AvgIpc) is 3.03. The number of benzene rings is 3. The molecule has 5 rings (SSSR count). The average molecular weight is 611 g/mol. The highest BCUT2D eigenvalue weighted by atomic mass is 16.6. The second-order valence-corrected chi connectivity index (χ2v) is 9.94. The molecule has 0 unspecified atom stereocenters. The Morgan fingerprint density at radius 3 is 2.18 bits per heavy atom. The monoisotopic (exact) mass is 610 g/mol. The van der Waals surface area contributed by atoms with Crippen LogP contribution in [0.1, 0.15) is 22.0 Å². The first kappa shape index (κ1) is 30.6. The summed E-state index contributed by atoms with van der Waals surface area (Å²) < 4.78 is 33.8. The van der Waals surface area contributed by atoms with E-state index in [-0.39, 0.29) is 45.1 Å². The van der Waals surface area contributed by atoms with Gasteiger partial charge in [-0.15, -0.1) is 0 Å². The maximum Gasteiger partial charge on any atom is 0.338 e. The van der Waals surface area contributed by atoms with Crippen LogP contribution < -0.4 is 19.6 Å². The zero-order valence-electron chi connectivity index (χ0n) is 23.8. The Balaban J connectivity index is 1.68. The molecule has 0 amide bonds.